The molecule has 3 rings (SSSR count). The molecule has 0 spiro atoms. The number of hydrogen-bond donors (Lipinski definition) is 1. The number of nitrogens with one attached hydrogen (secondary N) is 1. The molecule has 2 aliphatic rings. The maximum atomic E-state index is 3.46. The standard InChI is InChI=1S/C16H27N3S/c1-16(2,19-9-7-17-8-10-19)13-18(14-5-6-14)12-15-4-3-11-20-15/h3-4,11,14,17H,5-10,12-13H2,1-2H3. The Morgan fingerprint density at radius 3 is 2.70 bits per heavy atom. The van der Waals surface area contributed by atoms with Gasteiger partial charge in [0.05, 0.1) is 0 Å². The van der Waals surface area contributed by atoms with Crippen LogP contribution in [0.2, 0.25) is 0 Å². The molecule has 0 bridgehead atoms. The third kappa shape index (κ3) is 3.61. The van der Waals surface area contributed by atoms with Gasteiger partial charge < -0.3 is 5.32 Å². The Kier molecular flexibility index (Phi) is 4.46. The van der Waals surface area contributed by atoms with Crippen molar-refractivity contribution < 1.29 is 0 Å². The van der Waals surface area contributed by atoms with E-state index in [-0.39, 0.29) is 5.54 Å². The molecule has 1 saturated carbocycles. The van der Waals surface area contributed by atoms with E-state index in [1.165, 1.54) is 37.4 Å². The highest BCUT2D eigenvalue weighted by molar-refractivity contribution is 7.09. The highest BCUT2D eigenvalue weighted by Crippen LogP contribution is 2.31. The lowest BCUT2D eigenvalue weighted by Crippen LogP contribution is -2.57. The molecular formula is C16H27N3S. The molecule has 112 valence electrons. The summed E-state index contributed by atoms with van der Waals surface area (Å²) in [7, 11) is 0. The SMILES string of the molecule is CC(C)(CN(Cc1cccs1)C1CC1)N1CCNCC1. The minimum absolute atomic E-state index is 0.280. The van der Waals surface area contributed by atoms with E-state index in [0.29, 0.717) is 0 Å². The van der Waals surface area contributed by atoms with E-state index in [0.717, 1.165) is 25.7 Å². The fourth-order valence-electron chi connectivity index (χ4n) is 3.22. The van der Waals surface area contributed by atoms with Crippen LogP contribution >= 0.6 is 11.3 Å². The number of thiophene rings is 1. The molecular weight excluding hydrogens is 266 g/mol. The minimum Gasteiger partial charge on any atom is -0.314 e. The van der Waals surface area contributed by atoms with E-state index < -0.39 is 0 Å². The van der Waals surface area contributed by atoms with E-state index in [1.54, 1.807) is 0 Å². The third-order valence-corrected chi connectivity index (χ3v) is 5.43. The van der Waals surface area contributed by atoms with Gasteiger partial charge in [0.15, 0.2) is 0 Å². The maximum Gasteiger partial charge on any atom is 0.0331 e. The van der Waals surface area contributed by atoms with E-state index in [1.807, 2.05) is 11.3 Å². The first-order valence-corrected chi connectivity index (χ1v) is 8.75. The van der Waals surface area contributed by atoms with Crippen molar-refractivity contribution in [1.82, 2.24) is 15.1 Å². The van der Waals surface area contributed by atoms with Crippen molar-refractivity contribution in [2.24, 2.45) is 0 Å². The van der Waals surface area contributed by atoms with Crippen molar-refractivity contribution in [3.63, 3.8) is 0 Å². The Bertz CT molecular complexity index is 405. The molecule has 2 fully saturated rings. The average Bonchev–Trinajstić information content (AvgIpc) is 3.18. The van der Waals surface area contributed by atoms with Gasteiger partial charge in [-0.25, -0.2) is 0 Å². The highest BCUT2D eigenvalue weighted by atomic mass is 32.1. The Hall–Kier alpha value is -0.420. The molecule has 1 aromatic heterocycles. The Morgan fingerprint density at radius 2 is 2.10 bits per heavy atom. The van der Waals surface area contributed by atoms with E-state index >= 15 is 0 Å². The van der Waals surface area contributed by atoms with Gasteiger partial charge in [0, 0.05) is 55.7 Å². The molecule has 3 nitrogen and oxygen atoms in total. The first kappa shape index (κ1) is 14.5. The second-order valence-corrected chi connectivity index (χ2v) is 7.80. The first-order valence-electron chi connectivity index (χ1n) is 7.87. The highest BCUT2D eigenvalue weighted by Gasteiger charge is 2.36. The van der Waals surface area contributed by atoms with E-state index in [4.69, 9.17) is 0 Å². The molecule has 0 atom stereocenters. The van der Waals surface area contributed by atoms with Gasteiger partial charge in [-0.1, -0.05) is 6.07 Å². The summed E-state index contributed by atoms with van der Waals surface area (Å²) in [4.78, 5) is 6.88. The van der Waals surface area contributed by atoms with Gasteiger partial charge in [0.2, 0.25) is 0 Å². The fourth-order valence-corrected chi connectivity index (χ4v) is 3.95. The number of piperazine rings is 1. The zero-order valence-corrected chi connectivity index (χ0v) is 13.6. The van der Waals surface area contributed by atoms with Crippen molar-refractivity contribution in [3.05, 3.63) is 22.4 Å². The second kappa shape index (κ2) is 6.14. The van der Waals surface area contributed by atoms with Crippen molar-refractivity contribution >= 4 is 11.3 Å². The summed E-state index contributed by atoms with van der Waals surface area (Å²) in [6.07, 6.45) is 2.78. The van der Waals surface area contributed by atoms with Crippen LogP contribution in [0.5, 0.6) is 0 Å². The largest absolute Gasteiger partial charge is 0.314 e. The second-order valence-electron chi connectivity index (χ2n) is 6.77. The fraction of sp³-hybridized carbons (Fsp3) is 0.750. The van der Waals surface area contributed by atoms with Crippen molar-refractivity contribution in [1.29, 1.82) is 0 Å². The van der Waals surface area contributed by atoms with Crippen LogP contribution in [0.3, 0.4) is 0 Å². The van der Waals surface area contributed by atoms with Crippen LogP contribution < -0.4 is 5.32 Å². The molecule has 0 unspecified atom stereocenters. The zero-order chi connectivity index (χ0) is 14.0. The Morgan fingerprint density at radius 1 is 1.35 bits per heavy atom. The van der Waals surface area contributed by atoms with Crippen molar-refractivity contribution in [2.45, 2.75) is 44.8 Å². The van der Waals surface area contributed by atoms with E-state index in [9.17, 15) is 0 Å². The van der Waals surface area contributed by atoms with Gasteiger partial charge in [-0.15, -0.1) is 11.3 Å². The van der Waals surface area contributed by atoms with Gasteiger partial charge in [0.25, 0.3) is 0 Å². The van der Waals surface area contributed by atoms with Crippen LogP contribution in [-0.2, 0) is 6.54 Å². The number of hydrogen-bond acceptors (Lipinski definition) is 4. The summed E-state index contributed by atoms with van der Waals surface area (Å²) in [5, 5.41) is 5.65. The number of rotatable bonds is 6. The first-order chi connectivity index (χ1) is 9.65. The van der Waals surface area contributed by atoms with Gasteiger partial charge in [0.1, 0.15) is 0 Å². The molecule has 1 aliphatic heterocycles. The summed E-state index contributed by atoms with van der Waals surface area (Å²) in [5.74, 6) is 0. The van der Waals surface area contributed by atoms with Crippen LogP contribution in [0.1, 0.15) is 31.6 Å². The molecule has 0 aromatic carbocycles. The lowest BCUT2D eigenvalue weighted by molar-refractivity contribution is 0.0577. The summed E-state index contributed by atoms with van der Waals surface area (Å²) in [6, 6.07) is 5.28. The van der Waals surface area contributed by atoms with E-state index in [2.05, 4.69) is 46.5 Å². The normalized spacial score (nSPS) is 21.6. The molecule has 20 heavy (non-hydrogen) atoms. The molecule has 2 heterocycles. The van der Waals surface area contributed by atoms with Gasteiger partial charge in [-0.2, -0.15) is 0 Å². The van der Waals surface area contributed by atoms with Gasteiger partial charge in [-0.3, -0.25) is 9.80 Å². The topological polar surface area (TPSA) is 18.5 Å². The van der Waals surface area contributed by atoms with Crippen molar-refractivity contribution in [3.8, 4) is 0 Å². The third-order valence-electron chi connectivity index (χ3n) is 4.57. The Labute approximate surface area is 127 Å². The Balaban J connectivity index is 1.62. The number of nitrogens with zero attached hydrogens (tertiary/aromatic N) is 2. The van der Waals surface area contributed by atoms with Gasteiger partial charge in [-0.05, 0) is 38.1 Å². The smallest absolute Gasteiger partial charge is 0.0331 e. The predicted molar refractivity (Wildman–Crippen MR) is 86.3 cm³/mol. The molecule has 1 N–H and O–H groups in total. The monoisotopic (exact) mass is 293 g/mol. The molecule has 0 amide bonds. The van der Waals surface area contributed by atoms with Crippen LogP contribution in [0.4, 0.5) is 0 Å². The zero-order valence-electron chi connectivity index (χ0n) is 12.8. The minimum atomic E-state index is 0.280. The van der Waals surface area contributed by atoms with Gasteiger partial charge >= 0.3 is 0 Å². The summed E-state index contributed by atoms with van der Waals surface area (Å²) < 4.78 is 0. The molecule has 1 saturated heterocycles. The van der Waals surface area contributed by atoms with Crippen LogP contribution in [0, 0.1) is 0 Å². The molecule has 1 aliphatic carbocycles. The van der Waals surface area contributed by atoms with Crippen LogP contribution in [0.25, 0.3) is 0 Å². The van der Waals surface area contributed by atoms with Crippen LogP contribution in [0.15, 0.2) is 17.5 Å². The lowest BCUT2D eigenvalue weighted by Gasteiger charge is -2.44. The molecule has 1 aromatic rings. The maximum absolute atomic E-state index is 3.46. The average molecular weight is 293 g/mol. The van der Waals surface area contributed by atoms with Crippen LogP contribution in [-0.4, -0.2) is 54.1 Å². The predicted octanol–water partition coefficient (Wildman–Crippen LogP) is 2.40. The summed E-state index contributed by atoms with van der Waals surface area (Å²) in [5.41, 5.74) is 0.280. The molecule has 4 heteroatoms. The summed E-state index contributed by atoms with van der Waals surface area (Å²) in [6.45, 7) is 11.8. The molecule has 0 radical (unpaired) electrons. The summed E-state index contributed by atoms with van der Waals surface area (Å²) >= 11 is 1.89. The quantitative estimate of drug-likeness (QED) is 0.869. The van der Waals surface area contributed by atoms with Crippen molar-refractivity contribution in [2.75, 3.05) is 32.7 Å². The lowest BCUT2D eigenvalue weighted by atomic mass is 10.0.